The van der Waals surface area contributed by atoms with E-state index in [1.807, 2.05) is 27.7 Å². The molecule has 0 N–H and O–H groups in total. The normalized spacial score (nSPS) is 17.2. The fourth-order valence-corrected chi connectivity index (χ4v) is 1.71. The molecular weight excluding hydrogens is 256 g/mol. The third-order valence-electron chi connectivity index (χ3n) is 3.71. The standard InChI is InChI=1S/C16H30O4/c1-8-11(5)14(20-15(17)10(3)4)13(7)19-16(18)12(6)9-2/h10-14H,8-9H2,1-7H3/t11-,12+,13+,14-/m1/s1. The lowest BCUT2D eigenvalue weighted by molar-refractivity contribution is -0.175. The number of hydrogen-bond acceptors (Lipinski definition) is 4. The van der Waals surface area contributed by atoms with Crippen LogP contribution < -0.4 is 0 Å². The Bertz CT molecular complexity index is 312. The quantitative estimate of drug-likeness (QED) is 0.640. The molecule has 4 nitrogen and oxygen atoms in total. The highest BCUT2D eigenvalue weighted by Crippen LogP contribution is 2.20. The highest BCUT2D eigenvalue weighted by atomic mass is 16.6. The maximum atomic E-state index is 11.9. The van der Waals surface area contributed by atoms with Crippen LogP contribution in [0.4, 0.5) is 0 Å². The molecule has 20 heavy (non-hydrogen) atoms. The monoisotopic (exact) mass is 286 g/mol. The van der Waals surface area contributed by atoms with Gasteiger partial charge < -0.3 is 9.47 Å². The molecule has 0 aromatic rings. The van der Waals surface area contributed by atoms with E-state index in [2.05, 4.69) is 0 Å². The lowest BCUT2D eigenvalue weighted by Gasteiger charge is -2.29. The first-order chi connectivity index (χ1) is 9.24. The summed E-state index contributed by atoms with van der Waals surface area (Å²) in [7, 11) is 0. The van der Waals surface area contributed by atoms with Crippen LogP contribution in [0.1, 0.15) is 61.3 Å². The van der Waals surface area contributed by atoms with Gasteiger partial charge in [-0.15, -0.1) is 0 Å². The molecular formula is C16H30O4. The van der Waals surface area contributed by atoms with Crippen molar-refractivity contribution in [3.63, 3.8) is 0 Å². The van der Waals surface area contributed by atoms with Crippen LogP contribution in [-0.4, -0.2) is 24.1 Å². The lowest BCUT2D eigenvalue weighted by Crippen LogP contribution is -2.39. The summed E-state index contributed by atoms with van der Waals surface area (Å²) >= 11 is 0. The topological polar surface area (TPSA) is 52.6 Å². The van der Waals surface area contributed by atoms with E-state index in [0.29, 0.717) is 0 Å². The van der Waals surface area contributed by atoms with Crippen molar-refractivity contribution >= 4 is 11.9 Å². The van der Waals surface area contributed by atoms with Crippen molar-refractivity contribution in [2.24, 2.45) is 17.8 Å². The third kappa shape index (κ3) is 5.93. The van der Waals surface area contributed by atoms with Crippen LogP contribution in [0.2, 0.25) is 0 Å². The molecule has 4 heteroatoms. The molecule has 0 aliphatic carbocycles. The second-order valence-electron chi connectivity index (χ2n) is 5.89. The van der Waals surface area contributed by atoms with E-state index in [9.17, 15) is 9.59 Å². The van der Waals surface area contributed by atoms with E-state index in [1.54, 1.807) is 20.8 Å². The molecule has 0 saturated heterocycles. The zero-order valence-electron chi connectivity index (χ0n) is 13.9. The summed E-state index contributed by atoms with van der Waals surface area (Å²) in [6, 6.07) is 0. The fourth-order valence-electron chi connectivity index (χ4n) is 1.71. The molecule has 0 radical (unpaired) electrons. The number of esters is 2. The molecule has 0 unspecified atom stereocenters. The highest BCUT2D eigenvalue weighted by molar-refractivity contribution is 5.73. The van der Waals surface area contributed by atoms with Gasteiger partial charge in [-0.25, -0.2) is 0 Å². The molecule has 0 aromatic heterocycles. The maximum absolute atomic E-state index is 11.9. The van der Waals surface area contributed by atoms with Gasteiger partial charge >= 0.3 is 11.9 Å². The Hall–Kier alpha value is -1.06. The van der Waals surface area contributed by atoms with Crippen LogP contribution in [0.25, 0.3) is 0 Å². The summed E-state index contributed by atoms with van der Waals surface area (Å²) < 4.78 is 11.0. The molecule has 0 rings (SSSR count). The van der Waals surface area contributed by atoms with Gasteiger partial charge in [0.1, 0.15) is 12.2 Å². The van der Waals surface area contributed by atoms with Crippen LogP contribution in [-0.2, 0) is 19.1 Å². The second kappa shape index (κ2) is 8.98. The zero-order chi connectivity index (χ0) is 15.9. The Morgan fingerprint density at radius 1 is 0.850 bits per heavy atom. The fraction of sp³-hybridized carbons (Fsp3) is 0.875. The molecule has 0 heterocycles. The van der Waals surface area contributed by atoms with Gasteiger partial charge in [-0.05, 0) is 25.7 Å². The van der Waals surface area contributed by atoms with Crippen molar-refractivity contribution in [3.8, 4) is 0 Å². The first kappa shape index (κ1) is 18.9. The van der Waals surface area contributed by atoms with E-state index < -0.39 is 6.10 Å². The van der Waals surface area contributed by atoms with Crippen molar-refractivity contribution in [1.82, 2.24) is 0 Å². The summed E-state index contributed by atoms with van der Waals surface area (Å²) in [5.74, 6) is -0.636. The van der Waals surface area contributed by atoms with Crippen molar-refractivity contribution < 1.29 is 19.1 Å². The Balaban J connectivity index is 4.77. The Labute approximate surface area is 123 Å². The molecule has 0 aliphatic rings. The summed E-state index contributed by atoms with van der Waals surface area (Å²) in [6.45, 7) is 13.2. The van der Waals surface area contributed by atoms with Crippen LogP contribution >= 0.6 is 0 Å². The van der Waals surface area contributed by atoms with E-state index in [4.69, 9.17) is 9.47 Å². The van der Waals surface area contributed by atoms with Gasteiger partial charge in [0.15, 0.2) is 0 Å². The summed E-state index contributed by atoms with van der Waals surface area (Å²) in [5.41, 5.74) is 0. The molecule has 0 aromatic carbocycles. The van der Waals surface area contributed by atoms with Crippen LogP contribution in [0, 0.1) is 17.8 Å². The SMILES string of the molecule is CC[C@@H](C)[C@@H](OC(=O)C(C)C)[C@H](C)OC(=O)[C@@H](C)CC. The van der Waals surface area contributed by atoms with Crippen LogP contribution in [0.5, 0.6) is 0 Å². The molecule has 0 aliphatic heterocycles. The second-order valence-corrected chi connectivity index (χ2v) is 5.89. The van der Waals surface area contributed by atoms with E-state index in [1.165, 1.54) is 0 Å². The minimum absolute atomic E-state index is 0.129. The zero-order valence-corrected chi connectivity index (χ0v) is 13.9. The average molecular weight is 286 g/mol. The third-order valence-corrected chi connectivity index (χ3v) is 3.71. The number of ether oxygens (including phenoxy) is 2. The highest BCUT2D eigenvalue weighted by Gasteiger charge is 2.30. The summed E-state index contributed by atoms with van der Waals surface area (Å²) in [4.78, 5) is 23.6. The minimum atomic E-state index is -0.422. The van der Waals surface area contributed by atoms with Gasteiger partial charge in [0.25, 0.3) is 0 Å². The van der Waals surface area contributed by atoms with E-state index in [-0.39, 0.29) is 35.8 Å². The molecule has 0 amide bonds. The van der Waals surface area contributed by atoms with Crippen molar-refractivity contribution in [1.29, 1.82) is 0 Å². The Kier molecular flexibility index (Phi) is 8.51. The molecule has 0 fully saturated rings. The van der Waals surface area contributed by atoms with E-state index in [0.717, 1.165) is 12.8 Å². The minimum Gasteiger partial charge on any atom is -0.458 e. The molecule has 0 spiro atoms. The maximum Gasteiger partial charge on any atom is 0.309 e. The van der Waals surface area contributed by atoms with E-state index >= 15 is 0 Å². The first-order valence-electron chi connectivity index (χ1n) is 7.65. The van der Waals surface area contributed by atoms with Crippen molar-refractivity contribution in [2.75, 3.05) is 0 Å². The molecule has 4 atom stereocenters. The van der Waals surface area contributed by atoms with Gasteiger partial charge in [-0.3, -0.25) is 9.59 Å². The average Bonchev–Trinajstić information content (AvgIpc) is 2.41. The van der Waals surface area contributed by atoms with Crippen molar-refractivity contribution in [3.05, 3.63) is 0 Å². The largest absolute Gasteiger partial charge is 0.458 e. The molecule has 118 valence electrons. The van der Waals surface area contributed by atoms with Crippen molar-refractivity contribution in [2.45, 2.75) is 73.5 Å². The lowest BCUT2D eigenvalue weighted by atomic mass is 9.97. The van der Waals surface area contributed by atoms with Gasteiger partial charge in [0.05, 0.1) is 11.8 Å². The Morgan fingerprint density at radius 3 is 1.80 bits per heavy atom. The van der Waals surface area contributed by atoms with Gasteiger partial charge in [0, 0.05) is 0 Å². The smallest absolute Gasteiger partial charge is 0.309 e. The number of rotatable bonds is 8. The molecule has 0 saturated carbocycles. The predicted molar refractivity (Wildman–Crippen MR) is 79.2 cm³/mol. The summed E-state index contributed by atoms with van der Waals surface area (Å²) in [6.07, 6.45) is 0.795. The van der Waals surface area contributed by atoms with Gasteiger partial charge in [-0.2, -0.15) is 0 Å². The van der Waals surface area contributed by atoms with Crippen LogP contribution in [0.15, 0.2) is 0 Å². The summed E-state index contributed by atoms with van der Waals surface area (Å²) in [5, 5.41) is 0. The van der Waals surface area contributed by atoms with Gasteiger partial charge in [0.2, 0.25) is 0 Å². The number of carbonyl (C=O) groups excluding carboxylic acids is 2. The van der Waals surface area contributed by atoms with Gasteiger partial charge in [-0.1, -0.05) is 41.5 Å². The number of hydrogen-bond donors (Lipinski definition) is 0. The van der Waals surface area contributed by atoms with Crippen LogP contribution in [0.3, 0.4) is 0 Å². The Morgan fingerprint density at radius 2 is 1.40 bits per heavy atom. The number of carbonyl (C=O) groups is 2. The predicted octanol–water partition coefficient (Wildman–Crippen LogP) is 3.58. The first-order valence-corrected chi connectivity index (χ1v) is 7.65. The molecule has 0 bridgehead atoms.